The zero-order valence-electron chi connectivity index (χ0n) is 9.59. The van der Waals surface area contributed by atoms with E-state index >= 15 is 0 Å². The molecule has 0 amide bonds. The van der Waals surface area contributed by atoms with Crippen molar-refractivity contribution in [3.8, 4) is 0 Å². The molecule has 1 aromatic rings. The van der Waals surface area contributed by atoms with Crippen LogP contribution >= 0.6 is 35.0 Å². The van der Waals surface area contributed by atoms with Crippen molar-refractivity contribution in [2.45, 2.75) is 31.2 Å². The summed E-state index contributed by atoms with van der Waals surface area (Å²) in [6, 6.07) is 6.12. The minimum Gasteiger partial charge on any atom is -0.313 e. The lowest BCUT2D eigenvalue weighted by molar-refractivity contribution is 0.560. The van der Waals surface area contributed by atoms with E-state index in [4.69, 9.17) is 23.2 Å². The summed E-state index contributed by atoms with van der Waals surface area (Å²) in [5.74, 6) is 1.02. The highest BCUT2D eigenvalue weighted by Crippen LogP contribution is 2.30. The van der Waals surface area contributed by atoms with Gasteiger partial charge in [0.15, 0.2) is 0 Å². The van der Waals surface area contributed by atoms with Crippen LogP contribution in [0.3, 0.4) is 0 Å². The van der Waals surface area contributed by atoms with Crippen LogP contribution in [-0.4, -0.2) is 18.3 Å². The summed E-state index contributed by atoms with van der Waals surface area (Å²) >= 11 is 13.8. The van der Waals surface area contributed by atoms with E-state index in [1.165, 1.54) is 0 Å². The minimum atomic E-state index is 0.532. The van der Waals surface area contributed by atoms with Crippen molar-refractivity contribution in [3.63, 3.8) is 0 Å². The van der Waals surface area contributed by atoms with Crippen LogP contribution in [0, 0.1) is 0 Å². The Morgan fingerprint density at radius 3 is 2.69 bits per heavy atom. The van der Waals surface area contributed by atoms with Crippen molar-refractivity contribution in [1.29, 1.82) is 0 Å². The van der Waals surface area contributed by atoms with Gasteiger partial charge in [0.2, 0.25) is 0 Å². The van der Waals surface area contributed by atoms with E-state index in [9.17, 15) is 0 Å². The maximum atomic E-state index is 6.10. The monoisotopic (exact) mass is 277 g/mol. The van der Waals surface area contributed by atoms with E-state index in [-0.39, 0.29) is 0 Å². The number of nitrogens with one attached hydrogen (secondary N) is 1. The van der Waals surface area contributed by atoms with Crippen molar-refractivity contribution in [1.82, 2.24) is 5.32 Å². The molecule has 1 rings (SSSR count). The zero-order valence-corrected chi connectivity index (χ0v) is 11.9. The fraction of sp³-hybridized carbons (Fsp3) is 0.500. The standard InChI is InChI=1S/C12H17Cl2NS/c1-3-10(15-4-2)8-16-12-7-9(13)5-6-11(12)14/h5-7,10,15H,3-4,8H2,1-2H3. The second kappa shape index (κ2) is 7.44. The fourth-order valence-corrected chi connectivity index (χ4v) is 3.06. The van der Waals surface area contributed by atoms with Crippen molar-refractivity contribution >= 4 is 35.0 Å². The van der Waals surface area contributed by atoms with Crippen LogP contribution in [0.1, 0.15) is 20.3 Å². The molecule has 0 spiro atoms. The van der Waals surface area contributed by atoms with Gasteiger partial charge in [-0.1, -0.05) is 37.0 Å². The van der Waals surface area contributed by atoms with Crippen LogP contribution in [0.5, 0.6) is 0 Å². The molecule has 0 radical (unpaired) electrons. The van der Waals surface area contributed by atoms with Crippen LogP contribution in [0.2, 0.25) is 10.0 Å². The Kier molecular flexibility index (Phi) is 6.59. The Bertz CT molecular complexity index is 331. The predicted molar refractivity (Wildman–Crippen MR) is 74.9 cm³/mol. The van der Waals surface area contributed by atoms with Gasteiger partial charge in [-0.15, -0.1) is 11.8 Å². The normalized spacial score (nSPS) is 12.8. The number of hydrogen-bond acceptors (Lipinski definition) is 2. The van der Waals surface area contributed by atoms with E-state index in [2.05, 4.69) is 19.2 Å². The molecule has 0 saturated heterocycles. The van der Waals surface area contributed by atoms with Crippen molar-refractivity contribution < 1.29 is 0 Å². The number of benzene rings is 1. The number of rotatable bonds is 6. The van der Waals surface area contributed by atoms with E-state index < -0.39 is 0 Å². The molecule has 1 N–H and O–H groups in total. The lowest BCUT2D eigenvalue weighted by Gasteiger charge is -2.15. The van der Waals surface area contributed by atoms with E-state index in [0.29, 0.717) is 6.04 Å². The Hall–Kier alpha value is 0.110. The summed E-state index contributed by atoms with van der Waals surface area (Å²) in [5, 5.41) is 4.96. The zero-order chi connectivity index (χ0) is 12.0. The molecule has 0 heterocycles. The van der Waals surface area contributed by atoms with E-state index in [0.717, 1.165) is 33.7 Å². The van der Waals surface area contributed by atoms with Crippen molar-refractivity contribution in [2.75, 3.05) is 12.3 Å². The van der Waals surface area contributed by atoms with Crippen LogP contribution in [-0.2, 0) is 0 Å². The third-order valence-electron chi connectivity index (χ3n) is 2.32. The molecular weight excluding hydrogens is 261 g/mol. The maximum Gasteiger partial charge on any atom is 0.0542 e. The molecule has 90 valence electrons. The number of thioether (sulfide) groups is 1. The molecule has 4 heteroatoms. The van der Waals surface area contributed by atoms with Gasteiger partial charge in [-0.25, -0.2) is 0 Å². The van der Waals surface area contributed by atoms with Gasteiger partial charge in [0.25, 0.3) is 0 Å². The molecule has 1 nitrogen and oxygen atoms in total. The molecule has 0 aromatic heterocycles. The fourth-order valence-electron chi connectivity index (χ4n) is 1.39. The first-order valence-corrected chi connectivity index (χ1v) is 7.22. The van der Waals surface area contributed by atoms with Gasteiger partial charge >= 0.3 is 0 Å². The molecule has 16 heavy (non-hydrogen) atoms. The smallest absolute Gasteiger partial charge is 0.0542 e. The highest BCUT2D eigenvalue weighted by molar-refractivity contribution is 7.99. The van der Waals surface area contributed by atoms with Crippen molar-refractivity contribution in [3.05, 3.63) is 28.2 Å². The summed E-state index contributed by atoms with van der Waals surface area (Å²) in [7, 11) is 0. The SMILES string of the molecule is CCNC(CC)CSc1cc(Cl)ccc1Cl. The summed E-state index contributed by atoms with van der Waals surface area (Å²) in [4.78, 5) is 1.06. The highest BCUT2D eigenvalue weighted by Gasteiger charge is 2.07. The van der Waals surface area contributed by atoms with Gasteiger partial charge < -0.3 is 5.32 Å². The summed E-state index contributed by atoms with van der Waals surface area (Å²) in [6.45, 7) is 5.31. The van der Waals surface area contributed by atoms with Gasteiger partial charge in [-0.2, -0.15) is 0 Å². The molecule has 1 aromatic carbocycles. The molecule has 0 saturated carbocycles. The van der Waals surface area contributed by atoms with Gasteiger partial charge in [-0.05, 0) is 31.2 Å². The van der Waals surface area contributed by atoms with Crippen LogP contribution in [0.4, 0.5) is 0 Å². The van der Waals surface area contributed by atoms with Crippen LogP contribution in [0.25, 0.3) is 0 Å². The average molecular weight is 278 g/mol. The van der Waals surface area contributed by atoms with Gasteiger partial charge in [-0.3, -0.25) is 0 Å². The number of halogens is 2. The van der Waals surface area contributed by atoms with Gasteiger partial charge in [0, 0.05) is 21.7 Å². The van der Waals surface area contributed by atoms with Gasteiger partial charge in [0.05, 0.1) is 5.02 Å². The molecule has 0 aliphatic rings. The largest absolute Gasteiger partial charge is 0.313 e. The Morgan fingerprint density at radius 2 is 2.06 bits per heavy atom. The Morgan fingerprint density at radius 1 is 1.31 bits per heavy atom. The van der Waals surface area contributed by atoms with Crippen LogP contribution < -0.4 is 5.32 Å². The molecule has 1 atom stereocenters. The molecule has 0 fully saturated rings. The first-order chi connectivity index (χ1) is 7.67. The molecule has 0 bridgehead atoms. The summed E-state index contributed by atoms with van der Waals surface area (Å²) < 4.78 is 0. The Balaban J connectivity index is 2.55. The topological polar surface area (TPSA) is 12.0 Å². The maximum absolute atomic E-state index is 6.10. The quantitative estimate of drug-likeness (QED) is 0.770. The lowest BCUT2D eigenvalue weighted by atomic mass is 10.2. The predicted octanol–water partition coefficient (Wildman–Crippen LogP) is 4.47. The summed E-state index contributed by atoms with van der Waals surface area (Å²) in [5.41, 5.74) is 0. The third kappa shape index (κ3) is 4.54. The van der Waals surface area contributed by atoms with Gasteiger partial charge in [0.1, 0.15) is 0 Å². The summed E-state index contributed by atoms with van der Waals surface area (Å²) in [6.07, 6.45) is 1.12. The first kappa shape index (κ1) is 14.2. The molecule has 1 unspecified atom stereocenters. The third-order valence-corrected chi connectivity index (χ3v) is 4.21. The first-order valence-electron chi connectivity index (χ1n) is 5.48. The Labute approximate surface area is 112 Å². The minimum absolute atomic E-state index is 0.532. The highest BCUT2D eigenvalue weighted by atomic mass is 35.5. The molecular formula is C12H17Cl2NS. The molecule has 0 aliphatic heterocycles. The number of hydrogen-bond donors (Lipinski definition) is 1. The van der Waals surface area contributed by atoms with Crippen LogP contribution in [0.15, 0.2) is 23.1 Å². The van der Waals surface area contributed by atoms with Crippen molar-refractivity contribution in [2.24, 2.45) is 0 Å². The van der Waals surface area contributed by atoms with E-state index in [1.807, 2.05) is 18.2 Å². The molecule has 0 aliphatic carbocycles. The average Bonchev–Trinajstić information content (AvgIpc) is 2.28. The second-order valence-corrected chi connectivity index (χ2v) is 5.45. The van der Waals surface area contributed by atoms with E-state index in [1.54, 1.807) is 11.8 Å². The second-order valence-electron chi connectivity index (χ2n) is 3.55. The lowest BCUT2D eigenvalue weighted by Crippen LogP contribution is -2.30.